The Morgan fingerprint density at radius 2 is 1.82 bits per heavy atom. The number of aliphatic hydroxyl groups is 1. The topological polar surface area (TPSA) is 83.8 Å². The van der Waals surface area contributed by atoms with Crippen molar-refractivity contribution in [2.45, 2.75) is 13.8 Å². The third-order valence-corrected chi connectivity index (χ3v) is 0.483. The molecule has 0 rings (SSSR count). The molecule has 0 aliphatic rings. The minimum atomic E-state index is -1.19. The Bertz CT molecular complexity index is 120. The Morgan fingerprint density at radius 1 is 1.45 bits per heavy atom. The summed E-state index contributed by atoms with van der Waals surface area (Å²) in [4.78, 5) is 18.9. The molecule has 0 spiro atoms. The summed E-state index contributed by atoms with van der Waals surface area (Å²) in [6.45, 7) is 2.88. The highest BCUT2D eigenvalue weighted by Gasteiger charge is 1.82. The first-order valence-electron chi connectivity index (χ1n) is 3.00. The number of carboxylic acid groups (broad SMARTS) is 1. The minimum absolute atomic E-state index is 0.211. The van der Waals surface area contributed by atoms with Crippen LogP contribution in [0.25, 0.3) is 0 Å². The summed E-state index contributed by atoms with van der Waals surface area (Å²) >= 11 is 0. The summed E-state index contributed by atoms with van der Waals surface area (Å²) in [6.07, 6.45) is 0. The Hall–Kier alpha value is -1.10. The monoisotopic (exact) mass is 164 g/mol. The molecule has 0 saturated heterocycles. The van der Waals surface area contributed by atoms with E-state index in [1.807, 2.05) is 0 Å². The van der Waals surface area contributed by atoms with Gasteiger partial charge in [-0.25, -0.2) is 4.79 Å². The molecule has 0 atom stereocenters. The average molecular weight is 164 g/mol. The van der Waals surface area contributed by atoms with Crippen molar-refractivity contribution in [3.05, 3.63) is 0 Å². The molecule has 0 unspecified atom stereocenters. The number of hydrogen-bond acceptors (Lipinski definition) is 4. The van der Waals surface area contributed by atoms with Crippen LogP contribution >= 0.6 is 0 Å². The van der Waals surface area contributed by atoms with Gasteiger partial charge in [-0.05, 0) is 6.92 Å². The van der Waals surface area contributed by atoms with Crippen molar-refractivity contribution >= 4 is 11.9 Å². The van der Waals surface area contributed by atoms with Crippen LogP contribution in [-0.2, 0) is 14.3 Å². The Kier molecular flexibility index (Phi) is 10.2. The molecule has 0 aliphatic carbocycles. The SMILES string of the molecule is CCOC(C)=O.O=C(O)CO. The zero-order chi connectivity index (χ0) is 9.28. The quantitative estimate of drug-likeness (QED) is 0.544. The van der Waals surface area contributed by atoms with Crippen LogP contribution in [0, 0.1) is 0 Å². The summed E-state index contributed by atoms with van der Waals surface area (Å²) in [5.74, 6) is -1.40. The van der Waals surface area contributed by atoms with Gasteiger partial charge in [-0.15, -0.1) is 0 Å². The lowest BCUT2D eigenvalue weighted by Crippen LogP contribution is -1.98. The van der Waals surface area contributed by atoms with Gasteiger partial charge in [0, 0.05) is 6.92 Å². The standard InChI is InChI=1S/C4H8O2.C2H4O3/c1-3-6-4(2)5;3-1-2(4)5/h3H2,1-2H3;3H,1H2,(H,4,5). The van der Waals surface area contributed by atoms with Crippen LogP contribution in [0.4, 0.5) is 0 Å². The van der Waals surface area contributed by atoms with E-state index in [1.165, 1.54) is 6.92 Å². The van der Waals surface area contributed by atoms with Gasteiger partial charge in [0.25, 0.3) is 0 Å². The maximum absolute atomic E-state index is 9.82. The zero-order valence-corrected chi connectivity index (χ0v) is 6.53. The molecule has 2 N–H and O–H groups in total. The molecule has 0 saturated carbocycles. The minimum Gasteiger partial charge on any atom is -0.480 e. The molecule has 0 heterocycles. The molecule has 0 aromatic heterocycles. The van der Waals surface area contributed by atoms with Crippen molar-refractivity contribution < 1.29 is 24.5 Å². The van der Waals surface area contributed by atoms with Gasteiger partial charge in [-0.2, -0.15) is 0 Å². The van der Waals surface area contributed by atoms with Crippen molar-refractivity contribution in [2.24, 2.45) is 0 Å². The van der Waals surface area contributed by atoms with Crippen LogP contribution in [0.2, 0.25) is 0 Å². The largest absolute Gasteiger partial charge is 0.480 e. The fourth-order valence-corrected chi connectivity index (χ4v) is 0.203. The molecule has 11 heavy (non-hydrogen) atoms. The summed E-state index contributed by atoms with van der Waals surface area (Å²) in [5, 5.41) is 15.0. The first-order valence-corrected chi connectivity index (χ1v) is 3.00. The molecule has 0 radical (unpaired) electrons. The van der Waals surface area contributed by atoms with Crippen LogP contribution in [0.5, 0.6) is 0 Å². The van der Waals surface area contributed by atoms with E-state index in [1.54, 1.807) is 6.92 Å². The number of carbonyl (C=O) groups excluding carboxylic acids is 1. The zero-order valence-electron chi connectivity index (χ0n) is 6.53. The molecular formula is C6H12O5. The maximum Gasteiger partial charge on any atom is 0.329 e. The van der Waals surface area contributed by atoms with E-state index in [4.69, 9.17) is 15.0 Å². The number of aliphatic hydroxyl groups excluding tert-OH is 1. The number of carboxylic acids is 1. The average Bonchev–Trinajstić information content (AvgIpc) is 1.89. The van der Waals surface area contributed by atoms with Gasteiger partial charge in [-0.3, -0.25) is 4.79 Å². The van der Waals surface area contributed by atoms with Crippen molar-refractivity contribution in [1.82, 2.24) is 0 Å². The normalized spacial score (nSPS) is 7.55. The molecule has 0 fully saturated rings. The highest BCUT2D eigenvalue weighted by molar-refractivity contribution is 5.67. The van der Waals surface area contributed by atoms with Crippen LogP contribution in [0.3, 0.4) is 0 Å². The molecule has 66 valence electrons. The van der Waals surface area contributed by atoms with E-state index in [9.17, 15) is 4.79 Å². The number of carbonyl (C=O) groups is 2. The molecule has 0 aliphatic heterocycles. The lowest BCUT2D eigenvalue weighted by Gasteiger charge is -1.89. The van der Waals surface area contributed by atoms with Gasteiger partial charge in [0.2, 0.25) is 0 Å². The lowest BCUT2D eigenvalue weighted by atomic mass is 10.8. The van der Waals surface area contributed by atoms with Crippen molar-refractivity contribution in [1.29, 1.82) is 0 Å². The van der Waals surface area contributed by atoms with Crippen LogP contribution in [-0.4, -0.2) is 35.4 Å². The number of hydrogen-bond donors (Lipinski definition) is 2. The smallest absolute Gasteiger partial charge is 0.329 e. The van der Waals surface area contributed by atoms with Crippen LogP contribution < -0.4 is 0 Å². The van der Waals surface area contributed by atoms with Gasteiger partial charge in [-0.1, -0.05) is 0 Å². The van der Waals surface area contributed by atoms with Gasteiger partial charge >= 0.3 is 11.9 Å². The molecule has 5 heteroatoms. The second-order valence-electron chi connectivity index (χ2n) is 1.48. The van der Waals surface area contributed by atoms with E-state index < -0.39 is 12.6 Å². The Morgan fingerprint density at radius 3 is 1.82 bits per heavy atom. The number of esters is 1. The molecule has 0 aromatic carbocycles. The second kappa shape index (κ2) is 8.90. The third-order valence-electron chi connectivity index (χ3n) is 0.483. The number of ether oxygens (including phenoxy) is 1. The van der Waals surface area contributed by atoms with Gasteiger partial charge in [0.05, 0.1) is 6.61 Å². The number of aliphatic carboxylic acids is 1. The summed E-state index contributed by atoms with van der Waals surface area (Å²) in [5.41, 5.74) is 0. The predicted molar refractivity (Wildman–Crippen MR) is 37.0 cm³/mol. The molecular weight excluding hydrogens is 152 g/mol. The van der Waals surface area contributed by atoms with E-state index in [0.29, 0.717) is 6.61 Å². The first-order chi connectivity index (χ1) is 5.04. The van der Waals surface area contributed by atoms with Crippen molar-refractivity contribution in [3.63, 3.8) is 0 Å². The van der Waals surface area contributed by atoms with E-state index in [0.717, 1.165) is 0 Å². The molecule has 0 aromatic rings. The van der Waals surface area contributed by atoms with Crippen molar-refractivity contribution in [3.8, 4) is 0 Å². The molecule has 0 amide bonds. The highest BCUT2D eigenvalue weighted by Crippen LogP contribution is 1.69. The van der Waals surface area contributed by atoms with E-state index in [2.05, 4.69) is 4.74 Å². The van der Waals surface area contributed by atoms with Gasteiger partial charge in [0.15, 0.2) is 0 Å². The Labute approximate surface area is 64.6 Å². The third kappa shape index (κ3) is 27.9. The Balaban J connectivity index is 0. The maximum atomic E-state index is 9.82. The summed E-state index contributed by atoms with van der Waals surface area (Å²) < 4.78 is 4.40. The fourth-order valence-electron chi connectivity index (χ4n) is 0.203. The second-order valence-corrected chi connectivity index (χ2v) is 1.48. The van der Waals surface area contributed by atoms with E-state index >= 15 is 0 Å². The van der Waals surface area contributed by atoms with Gasteiger partial charge in [0.1, 0.15) is 6.61 Å². The summed E-state index contributed by atoms with van der Waals surface area (Å²) in [6, 6.07) is 0. The van der Waals surface area contributed by atoms with Gasteiger partial charge < -0.3 is 14.9 Å². The fraction of sp³-hybridized carbons (Fsp3) is 0.667. The highest BCUT2D eigenvalue weighted by atomic mass is 16.5. The molecule has 5 nitrogen and oxygen atoms in total. The van der Waals surface area contributed by atoms with Crippen LogP contribution in [0.15, 0.2) is 0 Å². The van der Waals surface area contributed by atoms with E-state index in [-0.39, 0.29) is 5.97 Å². The first kappa shape index (κ1) is 12.6. The summed E-state index contributed by atoms with van der Waals surface area (Å²) in [7, 11) is 0. The van der Waals surface area contributed by atoms with Crippen LogP contribution in [0.1, 0.15) is 13.8 Å². The number of rotatable bonds is 2. The van der Waals surface area contributed by atoms with Crippen molar-refractivity contribution in [2.75, 3.05) is 13.2 Å². The predicted octanol–water partition coefficient (Wildman–Crippen LogP) is -0.367. The molecule has 0 bridgehead atoms. The lowest BCUT2D eigenvalue weighted by molar-refractivity contribution is -0.141.